The van der Waals surface area contributed by atoms with Crippen LogP contribution < -0.4 is 16.2 Å². The van der Waals surface area contributed by atoms with E-state index in [4.69, 9.17) is 11.6 Å². The smallest absolute Gasteiger partial charge is 0.272 e. The Kier molecular flexibility index (Phi) is 9.63. The third-order valence-corrected chi connectivity index (χ3v) is 5.16. The first kappa shape index (κ1) is 24.2. The number of benzene rings is 2. The fraction of sp³-hybridized carbons (Fsp3) is 0.391. The first-order valence-corrected chi connectivity index (χ1v) is 10.7. The van der Waals surface area contributed by atoms with E-state index in [-0.39, 0.29) is 18.0 Å². The number of H-pyrrole nitrogens is 1. The molecule has 3 aromatic rings. The van der Waals surface area contributed by atoms with Crippen molar-refractivity contribution in [1.29, 1.82) is 0 Å². The molecule has 0 spiro atoms. The van der Waals surface area contributed by atoms with Crippen LogP contribution in [0.2, 0.25) is 5.02 Å². The van der Waals surface area contributed by atoms with Gasteiger partial charge in [-0.05, 0) is 50.0 Å². The van der Waals surface area contributed by atoms with Crippen molar-refractivity contribution in [3.8, 4) is 11.3 Å². The molecule has 0 atom stereocenters. The topological polar surface area (TPSA) is 69.8 Å². The molecule has 162 valence electrons. The summed E-state index contributed by atoms with van der Waals surface area (Å²) in [5, 5.41) is 15.9. The molecule has 30 heavy (non-hydrogen) atoms. The van der Waals surface area contributed by atoms with Crippen molar-refractivity contribution >= 4 is 40.5 Å². The largest absolute Gasteiger partial charge is 0.384 e. The number of unbranched alkanes of at least 4 members (excludes halogenated alkanes) is 2. The van der Waals surface area contributed by atoms with Crippen LogP contribution in [0.25, 0.3) is 22.0 Å². The summed E-state index contributed by atoms with van der Waals surface area (Å²) < 4.78 is 0. The summed E-state index contributed by atoms with van der Waals surface area (Å²) in [7, 11) is 0. The minimum absolute atomic E-state index is 0. The van der Waals surface area contributed by atoms with Crippen LogP contribution in [-0.4, -0.2) is 29.8 Å². The van der Waals surface area contributed by atoms with Gasteiger partial charge in [0.1, 0.15) is 0 Å². The number of hydrogen-bond donors (Lipinski definition) is 3. The summed E-state index contributed by atoms with van der Waals surface area (Å²) in [6.07, 6.45) is 3.43. The normalized spacial score (nSPS) is 10.9. The second kappa shape index (κ2) is 11.9. The van der Waals surface area contributed by atoms with Crippen molar-refractivity contribution in [2.75, 3.05) is 25.0 Å². The van der Waals surface area contributed by atoms with Gasteiger partial charge in [-0.15, -0.1) is 12.4 Å². The van der Waals surface area contributed by atoms with E-state index >= 15 is 0 Å². The quantitative estimate of drug-likeness (QED) is 0.358. The van der Waals surface area contributed by atoms with Gasteiger partial charge in [-0.3, -0.25) is 4.79 Å². The SMILES string of the molecule is CC(C)CNCCCCCNc1cc(-c2n[nH]c(=O)c3ccccc23)ccc1Cl.Cl. The highest BCUT2D eigenvalue weighted by Crippen LogP contribution is 2.30. The van der Waals surface area contributed by atoms with E-state index in [0.717, 1.165) is 48.4 Å². The fourth-order valence-corrected chi connectivity index (χ4v) is 3.49. The lowest BCUT2D eigenvalue weighted by atomic mass is 10.0. The number of nitrogens with one attached hydrogen (secondary N) is 3. The van der Waals surface area contributed by atoms with E-state index < -0.39 is 0 Å². The molecule has 2 aromatic carbocycles. The summed E-state index contributed by atoms with van der Waals surface area (Å²) >= 11 is 6.39. The Morgan fingerprint density at radius 3 is 2.53 bits per heavy atom. The lowest BCUT2D eigenvalue weighted by molar-refractivity contribution is 0.532. The molecule has 5 nitrogen and oxygen atoms in total. The van der Waals surface area contributed by atoms with Crippen LogP contribution in [0.15, 0.2) is 47.3 Å². The van der Waals surface area contributed by atoms with Gasteiger partial charge in [-0.2, -0.15) is 5.10 Å². The second-order valence-corrected chi connectivity index (χ2v) is 8.13. The Bertz CT molecular complexity index is 1000. The molecule has 0 radical (unpaired) electrons. The fourth-order valence-electron chi connectivity index (χ4n) is 3.31. The Balaban J connectivity index is 0.00000320. The molecule has 0 aliphatic heterocycles. The summed E-state index contributed by atoms with van der Waals surface area (Å²) in [6, 6.07) is 13.3. The van der Waals surface area contributed by atoms with E-state index in [0.29, 0.717) is 16.3 Å². The summed E-state index contributed by atoms with van der Waals surface area (Å²) in [4.78, 5) is 12.0. The van der Waals surface area contributed by atoms with Gasteiger partial charge in [-0.25, -0.2) is 5.10 Å². The van der Waals surface area contributed by atoms with Crippen LogP contribution in [0.5, 0.6) is 0 Å². The summed E-state index contributed by atoms with van der Waals surface area (Å²) in [6.45, 7) is 7.46. The molecule has 0 bridgehead atoms. The molecule has 3 rings (SSSR count). The maximum atomic E-state index is 12.0. The maximum Gasteiger partial charge on any atom is 0.272 e. The molecule has 1 aromatic heterocycles. The highest BCUT2D eigenvalue weighted by Gasteiger charge is 2.10. The molecule has 3 N–H and O–H groups in total. The van der Waals surface area contributed by atoms with Gasteiger partial charge in [0.2, 0.25) is 0 Å². The van der Waals surface area contributed by atoms with Gasteiger partial charge in [-0.1, -0.05) is 56.1 Å². The van der Waals surface area contributed by atoms with Gasteiger partial charge < -0.3 is 10.6 Å². The number of halogens is 2. The second-order valence-electron chi connectivity index (χ2n) is 7.73. The number of aromatic amines is 1. The minimum atomic E-state index is -0.181. The van der Waals surface area contributed by atoms with Crippen molar-refractivity contribution in [1.82, 2.24) is 15.5 Å². The number of aromatic nitrogens is 2. The van der Waals surface area contributed by atoms with Gasteiger partial charge in [0, 0.05) is 17.5 Å². The standard InChI is InChI=1S/C23H29ClN4O.ClH/c1-16(2)15-25-12-6-3-7-13-26-21-14-17(10-11-20(21)24)22-18-8-4-5-9-19(18)23(29)28-27-22;/h4-5,8-11,14,16,25-26H,3,6-7,12-13,15H2,1-2H3,(H,28,29);1H. The van der Waals surface area contributed by atoms with Gasteiger partial charge >= 0.3 is 0 Å². The molecule has 7 heteroatoms. The van der Waals surface area contributed by atoms with E-state index in [1.807, 2.05) is 42.5 Å². The zero-order valence-corrected chi connectivity index (χ0v) is 19.1. The van der Waals surface area contributed by atoms with Crippen LogP contribution in [0.1, 0.15) is 33.1 Å². The molecule has 0 amide bonds. The predicted octanol–water partition coefficient (Wildman–Crippen LogP) is 5.49. The van der Waals surface area contributed by atoms with E-state index in [1.54, 1.807) is 0 Å². The zero-order chi connectivity index (χ0) is 20.6. The third-order valence-electron chi connectivity index (χ3n) is 4.83. The van der Waals surface area contributed by atoms with Crippen molar-refractivity contribution in [2.45, 2.75) is 33.1 Å². The first-order valence-electron chi connectivity index (χ1n) is 10.3. The number of hydrogen-bond acceptors (Lipinski definition) is 4. The third kappa shape index (κ3) is 6.46. The molecule has 0 aliphatic carbocycles. The molecular weight excluding hydrogens is 419 g/mol. The first-order chi connectivity index (χ1) is 14.1. The Hall–Kier alpha value is -2.08. The van der Waals surface area contributed by atoms with Crippen LogP contribution in [0.3, 0.4) is 0 Å². The molecule has 0 unspecified atom stereocenters. The Labute approximate surface area is 189 Å². The zero-order valence-electron chi connectivity index (χ0n) is 17.5. The molecular formula is C23H30Cl2N4O. The van der Waals surface area contributed by atoms with Crippen molar-refractivity contribution in [2.24, 2.45) is 5.92 Å². The van der Waals surface area contributed by atoms with Crippen LogP contribution in [0, 0.1) is 5.92 Å². The highest BCUT2D eigenvalue weighted by molar-refractivity contribution is 6.33. The van der Waals surface area contributed by atoms with E-state index in [1.165, 1.54) is 12.8 Å². The summed E-state index contributed by atoms with van der Waals surface area (Å²) in [5.41, 5.74) is 2.37. The number of anilines is 1. The van der Waals surface area contributed by atoms with Crippen molar-refractivity contribution in [3.05, 3.63) is 57.8 Å². The lowest BCUT2D eigenvalue weighted by Crippen LogP contribution is -2.20. The van der Waals surface area contributed by atoms with Crippen LogP contribution in [-0.2, 0) is 0 Å². The van der Waals surface area contributed by atoms with E-state index in [9.17, 15) is 4.79 Å². The highest BCUT2D eigenvalue weighted by atomic mass is 35.5. The number of nitrogens with zero attached hydrogens (tertiary/aromatic N) is 1. The molecule has 0 saturated carbocycles. The average molecular weight is 449 g/mol. The van der Waals surface area contributed by atoms with Crippen molar-refractivity contribution < 1.29 is 0 Å². The number of fused-ring (bicyclic) bond motifs is 1. The Morgan fingerprint density at radius 2 is 1.77 bits per heavy atom. The lowest BCUT2D eigenvalue weighted by Gasteiger charge is -2.12. The van der Waals surface area contributed by atoms with Crippen molar-refractivity contribution in [3.63, 3.8) is 0 Å². The van der Waals surface area contributed by atoms with Gasteiger partial charge in [0.05, 0.1) is 21.8 Å². The van der Waals surface area contributed by atoms with Gasteiger partial charge in [0.25, 0.3) is 5.56 Å². The van der Waals surface area contributed by atoms with Crippen LogP contribution in [0.4, 0.5) is 5.69 Å². The maximum absolute atomic E-state index is 12.0. The minimum Gasteiger partial charge on any atom is -0.384 e. The molecule has 0 fully saturated rings. The average Bonchev–Trinajstić information content (AvgIpc) is 2.72. The molecule has 0 aliphatic rings. The molecule has 0 saturated heterocycles. The van der Waals surface area contributed by atoms with E-state index in [2.05, 4.69) is 34.7 Å². The molecule has 1 heterocycles. The monoisotopic (exact) mass is 448 g/mol. The predicted molar refractivity (Wildman–Crippen MR) is 130 cm³/mol. The van der Waals surface area contributed by atoms with Crippen LogP contribution >= 0.6 is 24.0 Å². The Morgan fingerprint density at radius 1 is 1.03 bits per heavy atom. The van der Waals surface area contributed by atoms with Gasteiger partial charge in [0.15, 0.2) is 0 Å². The number of rotatable bonds is 10. The summed E-state index contributed by atoms with van der Waals surface area (Å²) in [5.74, 6) is 0.695.